The first-order valence-corrected chi connectivity index (χ1v) is 17.0. The minimum atomic E-state index is -3.86. The minimum Gasteiger partial charge on any atom is -0.389 e. The van der Waals surface area contributed by atoms with Gasteiger partial charge in [-0.1, -0.05) is 32.0 Å². The molecule has 12 heteroatoms. The number of aliphatic hydroxyl groups excluding tert-OH is 1. The van der Waals surface area contributed by atoms with Crippen LogP contribution >= 0.6 is 0 Å². The molecule has 1 aliphatic heterocycles. The van der Waals surface area contributed by atoms with Gasteiger partial charge in [0.2, 0.25) is 10.0 Å². The SMILES string of the molecule is CCCN(CCC)C(=O)c1cc(C)cc(C(=O)N[C@@H](Cc2cc(F)cc(F)c2)[C@H](O)[C@H]2CN(S(=O)(=O)c3ccccc3)CCN2)c1. The zero-order valence-electron chi connectivity index (χ0n) is 26.4. The zero-order valence-corrected chi connectivity index (χ0v) is 27.2. The van der Waals surface area contributed by atoms with Crippen molar-refractivity contribution in [2.75, 3.05) is 32.7 Å². The fourth-order valence-electron chi connectivity index (χ4n) is 5.79. The van der Waals surface area contributed by atoms with E-state index in [9.17, 15) is 31.9 Å². The molecule has 1 saturated heterocycles. The predicted molar refractivity (Wildman–Crippen MR) is 172 cm³/mol. The Bertz CT molecular complexity index is 1600. The first kappa shape index (κ1) is 35.1. The van der Waals surface area contributed by atoms with Gasteiger partial charge in [0.1, 0.15) is 11.6 Å². The van der Waals surface area contributed by atoms with Gasteiger partial charge in [-0.3, -0.25) is 9.59 Å². The van der Waals surface area contributed by atoms with Crippen molar-refractivity contribution in [3.8, 4) is 0 Å². The summed E-state index contributed by atoms with van der Waals surface area (Å²) in [6.07, 6.45) is 0.0536. The molecule has 1 aliphatic rings. The summed E-state index contributed by atoms with van der Waals surface area (Å²) in [4.78, 5) is 28.9. The lowest BCUT2D eigenvalue weighted by Crippen LogP contribution is -2.62. The summed E-state index contributed by atoms with van der Waals surface area (Å²) in [5.41, 5.74) is 1.42. The molecule has 4 rings (SSSR count). The highest BCUT2D eigenvalue weighted by molar-refractivity contribution is 7.89. The number of piperazine rings is 1. The van der Waals surface area contributed by atoms with Crippen LogP contribution in [0.4, 0.5) is 8.78 Å². The Morgan fingerprint density at radius 3 is 2.26 bits per heavy atom. The second kappa shape index (κ2) is 15.7. The summed E-state index contributed by atoms with van der Waals surface area (Å²) < 4.78 is 56.2. The Kier molecular flexibility index (Phi) is 12.0. The van der Waals surface area contributed by atoms with Gasteiger partial charge in [-0.2, -0.15) is 4.31 Å². The number of aliphatic hydroxyl groups is 1. The van der Waals surface area contributed by atoms with Crippen LogP contribution in [-0.2, 0) is 16.4 Å². The van der Waals surface area contributed by atoms with Crippen molar-refractivity contribution >= 4 is 21.8 Å². The van der Waals surface area contributed by atoms with Gasteiger partial charge in [-0.05, 0) is 79.8 Å². The maximum absolute atomic E-state index is 14.1. The van der Waals surface area contributed by atoms with Crippen LogP contribution < -0.4 is 10.6 Å². The molecule has 3 N–H and O–H groups in total. The van der Waals surface area contributed by atoms with Crippen LogP contribution in [0.2, 0.25) is 0 Å². The lowest BCUT2D eigenvalue weighted by atomic mass is 9.94. The number of benzene rings is 3. The number of nitrogens with one attached hydrogen (secondary N) is 2. The Hall–Kier alpha value is -3.71. The summed E-state index contributed by atoms with van der Waals surface area (Å²) in [6.45, 7) is 7.19. The number of aryl methyl sites for hydroxylation is 1. The number of hydrogen-bond acceptors (Lipinski definition) is 6. The Morgan fingerprint density at radius 2 is 1.63 bits per heavy atom. The van der Waals surface area contributed by atoms with E-state index >= 15 is 0 Å². The van der Waals surface area contributed by atoms with Crippen molar-refractivity contribution in [1.29, 1.82) is 0 Å². The van der Waals surface area contributed by atoms with E-state index in [1.807, 2.05) is 13.8 Å². The van der Waals surface area contributed by atoms with Crippen LogP contribution in [0.15, 0.2) is 71.6 Å². The molecule has 1 fully saturated rings. The number of amides is 2. The second-order valence-electron chi connectivity index (χ2n) is 11.7. The summed E-state index contributed by atoms with van der Waals surface area (Å²) in [7, 11) is -3.86. The molecule has 0 radical (unpaired) electrons. The average Bonchev–Trinajstić information content (AvgIpc) is 3.03. The van der Waals surface area contributed by atoms with Gasteiger partial charge in [0.05, 0.1) is 17.0 Å². The van der Waals surface area contributed by atoms with Crippen LogP contribution in [-0.4, -0.2) is 85.5 Å². The molecule has 0 unspecified atom stereocenters. The molecule has 46 heavy (non-hydrogen) atoms. The molecule has 3 atom stereocenters. The van der Waals surface area contributed by atoms with Crippen LogP contribution in [0.1, 0.15) is 58.5 Å². The van der Waals surface area contributed by atoms with E-state index in [4.69, 9.17) is 0 Å². The molecule has 1 heterocycles. The number of halogens is 2. The number of sulfonamides is 1. The standard InChI is InChI=1S/C34H42F2N4O5S/c1-4-12-39(13-5-2)34(43)26-16-23(3)15-25(20-26)33(42)38-30(19-24-17-27(35)21-28(36)18-24)32(41)31-22-40(14-11-37-31)46(44,45)29-9-7-6-8-10-29/h6-10,15-18,20-21,30-32,37,41H,4-5,11-14,19,22H2,1-3H3,(H,38,42)/t30-,31+,32-/m0/s1. The predicted octanol–water partition coefficient (Wildman–Crippen LogP) is 3.90. The van der Waals surface area contributed by atoms with Crippen molar-refractivity contribution in [2.45, 2.75) is 63.1 Å². The number of hydrogen-bond donors (Lipinski definition) is 3. The van der Waals surface area contributed by atoms with Crippen molar-refractivity contribution in [3.63, 3.8) is 0 Å². The molecule has 0 aliphatic carbocycles. The number of rotatable bonds is 13. The molecule has 3 aromatic carbocycles. The molecule has 9 nitrogen and oxygen atoms in total. The van der Waals surface area contributed by atoms with E-state index in [1.165, 1.54) is 22.5 Å². The highest BCUT2D eigenvalue weighted by Crippen LogP contribution is 2.21. The first-order valence-electron chi connectivity index (χ1n) is 15.6. The fourth-order valence-corrected chi connectivity index (χ4v) is 7.27. The molecule has 0 saturated carbocycles. The third-order valence-corrected chi connectivity index (χ3v) is 9.81. The molecule has 2 amide bonds. The molecule has 3 aromatic rings. The Balaban J connectivity index is 1.61. The Morgan fingerprint density at radius 1 is 1.00 bits per heavy atom. The van der Waals surface area contributed by atoms with E-state index in [0.717, 1.165) is 31.0 Å². The molecular weight excluding hydrogens is 614 g/mol. The molecule has 0 spiro atoms. The molecule has 0 aromatic heterocycles. The first-order chi connectivity index (χ1) is 21.9. The fraction of sp³-hybridized carbons (Fsp3) is 0.412. The third kappa shape index (κ3) is 8.75. The average molecular weight is 657 g/mol. The third-order valence-electron chi connectivity index (χ3n) is 7.93. The second-order valence-corrected chi connectivity index (χ2v) is 13.6. The maximum atomic E-state index is 14.1. The minimum absolute atomic E-state index is 0.101. The van der Waals surface area contributed by atoms with Crippen molar-refractivity contribution in [1.82, 2.24) is 19.8 Å². The van der Waals surface area contributed by atoms with Gasteiger partial charge >= 0.3 is 0 Å². The largest absolute Gasteiger partial charge is 0.389 e. The van der Waals surface area contributed by atoms with Crippen molar-refractivity contribution in [3.05, 3.63) is 101 Å². The quantitative estimate of drug-likeness (QED) is 0.257. The molecular formula is C34H42F2N4O5S. The van der Waals surface area contributed by atoms with Gasteiger partial charge in [-0.15, -0.1) is 0 Å². The topological polar surface area (TPSA) is 119 Å². The van der Waals surface area contributed by atoms with Crippen molar-refractivity contribution < 1.29 is 31.9 Å². The summed E-state index contributed by atoms with van der Waals surface area (Å²) in [5.74, 6) is -2.41. The van der Waals surface area contributed by atoms with Gasteiger partial charge in [0.15, 0.2) is 0 Å². The summed E-state index contributed by atoms with van der Waals surface area (Å²) in [5, 5.41) is 17.6. The highest BCUT2D eigenvalue weighted by Gasteiger charge is 2.37. The summed E-state index contributed by atoms with van der Waals surface area (Å²) in [6, 6.07) is 13.9. The van der Waals surface area contributed by atoms with Gasteiger partial charge in [0.25, 0.3) is 11.8 Å². The smallest absolute Gasteiger partial charge is 0.253 e. The number of carbonyl (C=O) groups excluding carboxylic acids is 2. The lowest BCUT2D eigenvalue weighted by molar-refractivity contribution is 0.0600. The van der Waals surface area contributed by atoms with E-state index in [2.05, 4.69) is 10.6 Å². The van der Waals surface area contributed by atoms with E-state index in [-0.39, 0.29) is 48.0 Å². The van der Waals surface area contributed by atoms with E-state index in [0.29, 0.717) is 24.2 Å². The van der Waals surface area contributed by atoms with Crippen LogP contribution in [0, 0.1) is 18.6 Å². The maximum Gasteiger partial charge on any atom is 0.253 e. The van der Waals surface area contributed by atoms with E-state index in [1.54, 1.807) is 42.2 Å². The summed E-state index contributed by atoms with van der Waals surface area (Å²) >= 11 is 0. The van der Waals surface area contributed by atoms with Gasteiger partial charge in [-0.25, -0.2) is 17.2 Å². The van der Waals surface area contributed by atoms with Crippen LogP contribution in [0.3, 0.4) is 0 Å². The molecule has 248 valence electrons. The normalized spacial score (nSPS) is 16.9. The zero-order chi connectivity index (χ0) is 33.4. The van der Waals surface area contributed by atoms with Crippen LogP contribution in [0.25, 0.3) is 0 Å². The lowest BCUT2D eigenvalue weighted by Gasteiger charge is -2.38. The van der Waals surface area contributed by atoms with Crippen molar-refractivity contribution in [2.24, 2.45) is 0 Å². The number of nitrogens with zero attached hydrogens (tertiary/aromatic N) is 2. The van der Waals surface area contributed by atoms with E-state index < -0.39 is 45.8 Å². The highest BCUT2D eigenvalue weighted by atomic mass is 32.2. The number of carbonyl (C=O) groups is 2. The van der Waals surface area contributed by atoms with Crippen LogP contribution in [0.5, 0.6) is 0 Å². The molecule has 0 bridgehead atoms. The Labute approximate surface area is 269 Å². The van der Waals surface area contributed by atoms with Gasteiger partial charge < -0.3 is 20.6 Å². The monoisotopic (exact) mass is 656 g/mol. The van der Waals surface area contributed by atoms with Gasteiger partial charge in [0, 0.05) is 56.0 Å².